The summed E-state index contributed by atoms with van der Waals surface area (Å²) in [5.74, 6) is 1.13. The Bertz CT molecular complexity index is 182. The van der Waals surface area contributed by atoms with Crippen LogP contribution in [0.5, 0.6) is 0 Å². The van der Waals surface area contributed by atoms with Crippen LogP contribution in [0.25, 0.3) is 0 Å². The summed E-state index contributed by atoms with van der Waals surface area (Å²) < 4.78 is 0. The zero-order valence-electron chi connectivity index (χ0n) is 12.4. The van der Waals surface area contributed by atoms with E-state index >= 15 is 0 Å². The van der Waals surface area contributed by atoms with E-state index in [0.29, 0.717) is 11.8 Å². The lowest BCUT2D eigenvalue weighted by Crippen LogP contribution is -2.37. The van der Waals surface area contributed by atoms with Crippen molar-refractivity contribution in [3.8, 4) is 0 Å². The lowest BCUT2D eigenvalue weighted by molar-refractivity contribution is -0.0362. The molecule has 0 aliphatic rings. The van der Waals surface area contributed by atoms with Gasteiger partial charge in [-0.25, -0.2) is 0 Å². The Kier molecular flexibility index (Phi) is 6.03. The fourth-order valence-corrected chi connectivity index (χ4v) is 2.76. The largest absolute Gasteiger partial charge is 0.390 e. The zero-order valence-corrected chi connectivity index (χ0v) is 12.4. The second-order valence-electron chi connectivity index (χ2n) is 7.11. The van der Waals surface area contributed by atoms with Crippen LogP contribution in [-0.2, 0) is 0 Å². The third-order valence-electron chi connectivity index (χ3n) is 3.34. The first-order valence-corrected chi connectivity index (χ1v) is 6.82. The van der Waals surface area contributed by atoms with Gasteiger partial charge in [0.05, 0.1) is 5.60 Å². The van der Waals surface area contributed by atoms with Gasteiger partial charge in [0.2, 0.25) is 0 Å². The first kappa shape index (κ1) is 16.0. The Morgan fingerprint density at radius 1 is 0.938 bits per heavy atom. The Labute approximate surface area is 103 Å². The minimum Gasteiger partial charge on any atom is -0.390 e. The highest BCUT2D eigenvalue weighted by Gasteiger charge is 2.34. The van der Waals surface area contributed by atoms with Crippen LogP contribution in [0.1, 0.15) is 74.1 Å². The van der Waals surface area contributed by atoms with Crippen molar-refractivity contribution >= 4 is 0 Å². The van der Waals surface area contributed by atoms with Crippen molar-refractivity contribution in [1.82, 2.24) is 0 Å². The predicted molar refractivity (Wildman–Crippen MR) is 72.5 cm³/mol. The average molecular weight is 228 g/mol. The molecule has 0 aromatic rings. The molecule has 0 spiro atoms. The minimum atomic E-state index is -0.470. The highest BCUT2D eigenvalue weighted by atomic mass is 16.3. The van der Waals surface area contributed by atoms with E-state index in [4.69, 9.17) is 0 Å². The van der Waals surface area contributed by atoms with Crippen LogP contribution < -0.4 is 0 Å². The second-order valence-corrected chi connectivity index (χ2v) is 7.11. The van der Waals surface area contributed by atoms with Crippen LogP contribution in [-0.4, -0.2) is 10.7 Å². The van der Waals surface area contributed by atoms with Gasteiger partial charge < -0.3 is 5.11 Å². The van der Waals surface area contributed by atoms with E-state index in [9.17, 15) is 5.11 Å². The van der Waals surface area contributed by atoms with Crippen molar-refractivity contribution in [2.45, 2.75) is 79.8 Å². The van der Waals surface area contributed by atoms with E-state index in [2.05, 4.69) is 48.5 Å². The molecular formula is C15H32O. The van der Waals surface area contributed by atoms with Gasteiger partial charge in [0, 0.05) is 0 Å². The van der Waals surface area contributed by atoms with Crippen LogP contribution in [0.4, 0.5) is 0 Å². The van der Waals surface area contributed by atoms with Crippen LogP contribution in [0, 0.1) is 17.3 Å². The molecule has 0 radical (unpaired) electrons. The van der Waals surface area contributed by atoms with Gasteiger partial charge in [0.1, 0.15) is 0 Å². The molecule has 0 fully saturated rings. The molecule has 0 bridgehead atoms. The molecule has 0 unspecified atom stereocenters. The molecule has 98 valence electrons. The maximum Gasteiger partial charge on any atom is 0.0657 e. The third-order valence-corrected chi connectivity index (χ3v) is 3.34. The zero-order chi connectivity index (χ0) is 13.0. The molecule has 0 aliphatic heterocycles. The SMILES string of the molecule is CCC(C)(C)CC(O)(CC(C)C)CC(C)C. The molecule has 0 amide bonds. The number of rotatable bonds is 7. The molecule has 1 nitrogen and oxygen atoms in total. The number of hydrogen-bond donors (Lipinski definition) is 1. The maximum absolute atomic E-state index is 10.8. The average Bonchev–Trinajstić information content (AvgIpc) is 1.98. The summed E-state index contributed by atoms with van der Waals surface area (Å²) in [5, 5.41) is 10.8. The fraction of sp³-hybridized carbons (Fsp3) is 1.00. The lowest BCUT2D eigenvalue weighted by atomic mass is 9.72. The second kappa shape index (κ2) is 6.05. The molecule has 0 saturated heterocycles. The van der Waals surface area contributed by atoms with Crippen LogP contribution in [0.15, 0.2) is 0 Å². The van der Waals surface area contributed by atoms with E-state index < -0.39 is 5.60 Å². The molecule has 1 heteroatoms. The summed E-state index contributed by atoms with van der Waals surface area (Å²) in [6.07, 6.45) is 3.90. The molecule has 0 aromatic carbocycles. The Morgan fingerprint density at radius 3 is 1.56 bits per heavy atom. The van der Waals surface area contributed by atoms with Gasteiger partial charge in [-0.15, -0.1) is 0 Å². The van der Waals surface area contributed by atoms with Gasteiger partial charge in [0.25, 0.3) is 0 Å². The highest BCUT2D eigenvalue weighted by molar-refractivity contribution is 4.86. The maximum atomic E-state index is 10.8. The van der Waals surface area contributed by atoms with Gasteiger partial charge in [-0.2, -0.15) is 0 Å². The highest BCUT2D eigenvalue weighted by Crippen LogP contribution is 2.38. The van der Waals surface area contributed by atoms with E-state index in [1.54, 1.807) is 0 Å². The van der Waals surface area contributed by atoms with E-state index in [-0.39, 0.29) is 5.41 Å². The van der Waals surface area contributed by atoms with Gasteiger partial charge in [0.15, 0.2) is 0 Å². The standard InChI is InChI=1S/C15H32O/c1-8-14(6,7)11-15(16,9-12(2)3)10-13(4)5/h12-13,16H,8-11H2,1-7H3. The molecule has 1 N–H and O–H groups in total. The van der Waals surface area contributed by atoms with Crippen molar-refractivity contribution in [1.29, 1.82) is 0 Å². The molecule has 0 aliphatic carbocycles. The normalized spacial score (nSPS) is 13.9. The van der Waals surface area contributed by atoms with Crippen molar-refractivity contribution in [2.75, 3.05) is 0 Å². The van der Waals surface area contributed by atoms with Crippen molar-refractivity contribution in [3.63, 3.8) is 0 Å². The summed E-state index contributed by atoms with van der Waals surface area (Å²) in [5.41, 5.74) is -0.222. The quantitative estimate of drug-likeness (QED) is 0.673. The summed E-state index contributed by atoms with van der Waals surface area (Å²) in [7, 11) is 0. The molecule has 0 aromatic heterocycles. The van der Waals surface area contributed by atoms with E-state index in [0.717, 1.165) is 25.7 Å². The Balaban J connectivity index is 4.65. The molecular weight excluding hydrogens is 196 g/mol. The Morgan fingerprint density at radius 2 is 1.31 bits per heavy atom. The third kappa shape index (κ3) is 6.52. The summed E-state index contributed by atoms with van der Waals surface area (Å²) in [4.78, 5) is 0. The first-order chi connectivity index (χ1) is 7.10. The summed E-state index contributed by atoms with van der Waals surface area (Å²) in [6.45, 7) is 15.5. The number of hydrogen-bond acceptors (Lipinski definition) is 1. The van der Waals surface area contributed by atoms with E-state index in [1.807, 2.05) is 0 Å². The van der Waals surface area contributed by atoms with Crippen LogP contribution >= 0.6 is 0 Å². The monoisotopic (exact) mass is 228 g/mol. The molecule has 0 atom stereocenters. The molecule has 0 saturated carbocycles. The number of aliphatic hydroxyl groups is 1. The summed E-state index contributed by atoms with van der Waals surface area (Å²) in [6, 6.07) is 0. The van der Waals surface area contributed by atoms with Crippen molar-refractivity contribution < 1.29 is 5.11 Å². The van der Waals surface area contributed by atoms with Gasteiger partial charge in [-0.05, 0) is 36.5 Å². The molecule has 0 rings (SSSR count). The minimum absolute atomic E-state index is 0.249. The lowest BCUT2D eigenvalue weighted by Gasteiger charge is -2.38. The predicted octanol–water partition coefficient (Wildman–Crippen LogP) is 4.64. The van der Waals surface area contributed by atoms with Gasteiger partial charge in [-0.3, -0.25) is 0 Å². The van der Waals surface area contributed by atoms with E-state index in [1.165, 1.54) is 0 Å². The fourth-order valence-electron chi connectivity index (χ4n) is 2.76. The van der Waals surface area contributed by atoms with Crippen molar-refractivity contribution in [2.24, 2.45) is 17.3 Å². The summed E-state index contributed by atoms with van der Waals surface area (Å²) >= 11 is 0. The van der Waals surface area contributed by atoms with Gasteiger partial charge >= 0.3 is 0 Å². The topological polar surface area (TPSA) is 20.2 Å². The van der Waals surface area contributed by atoms with Crippen LogP contribution in [0.2, 0.25) is 0 Å². The Hall–Kier alpha value is -0.0400. The smallest absolute Gasteiger partial charge is 0.0657 e. The molecule has 0 heterocycles. The van der Waals surface area contributed by atoms with Crippen LogP contribution in [0.3, 0.4) is 0 Å². The van der Waals surface area contributed by atoms with Gasteiger partial charge in [-0.1, -0.05) is 54.9 Å². The molecule has 16 heavy (non-hydrogen) atoms. The van der Waals surface area contributed by atoms with Crippen molar-refractivity contribution in [3.05, 3.63) is 0 Å². The first-order valence-electron chi connectivity index (χ1n) is 6.82.